The maximum atomic E-state index is 6.06. The highest BCUT2D eigenvalue weighted by Gasteiger charge is 2.49. The molecule has 0 heterocycles. The van der Waals surface area contributed by atoms with E-state index in [2.05, 4.69) is 0 Å². The van der Waals surface area contributed by atoms with Crippen LogP contribution in [0.5, 0.6) is 0 Å². The maximum absolute atomic E-state index is 6.06. The molecule has 2 rings (SSSR count). The molecule has 3 unspecified atom stereocenters. The molecule has 19 heavy (non-hydrogen) atoms. The molecule has 0 aromatic carbocycles. The van der Waals surface area contributed by atoms with E-state index in [1.165, 1.54) is 25.7 Å². The number of hydrogen-bond donors (Lipinski definition) is 1. The minimum absolute atomic E-state index is 0.389. The Kier molecular flexibility index (Phi) is 6.07. The number of fused-ring (bicyclic) bond motifs is 2. The summed E-state index contributed by atoms with van der Waals surface area (Å²) in [5, 5.41) is 0. The summed E-state index contributed by atoms with van der Waals surface area (Å²) in [6, 6.07) is 0. The van der Waals surface area contributed by atoms with Gasteiger partial charge in [0.1, 0.15) is 0 Å². The zero-order valence-corrected chi connectivity index (χ0v) is 12.2. The molecule has 0 aromatic heterocycles. The second-order valence-electron chi connectivity index (χ2n) is 6.11. The molecular weight excluding hydrogens is 242 g/mol. The molecular formula is C15H29NO3. The molecule has 4 nitrogen and oxygen atoms in total. The van der Waals surface area contributed by atoms with E-state index in [0.29, 0.717) is 31.8 Å². The fourth-order valence-electron chi connectivity index (χ4n) is 3.96. The number of hydrogen-bond acceptors (Lipinski definition) is 4. The summed E-state index contributed by atoms with van der Waals surface area (Å²) in [6.07, 6.45) is 6.70. The van der Waals surface area contributed by atoms with Gasteiger partial charge in [0, 0.05) is 13.7 Å². The first-order valence-corrected chi connectivity index (χ1v) is 7.65. The molecule has 3 atom stereocenters. The van der Waals surface area contributed by atoms with Crippen molar-refractivity contribution in [2.24, 2.45) is 23.0 Å². The van der Waals surface area contributed by atoms with E-state index >= 15 is 0 Å². The van der Waals surface area contributed by atoms with Crippen molar-refractivity contribution in [1.29, 1.82) is 0 Å². The molecule has 0 aromatic rings. The first-order valence-electron chi connectivity index (χ1n) is 7.65. The van der Waals surface area contributed by atoms with Crippen LogP contribution >= 0.6 is 0 Å². The predicted molar refractivity (Wildman–Crippen MR) is 75.1 cm³/mol. The fourth-order valence-corrected chi connectivity index (χ4v) is 3.96. The van der Waals surface area contributed by atoms with Gasteiger partial charge in [0.25, 0.3) is 0 Å². The zero-order valence-electron chi connectivity index (χ0n) is 12.2. The maximum Gasteiger partial charge on any atom is 0.0701 e. The van der Waals surface area contributed by atoms with E-state index < -0.39 is 0 Å². The quantitative estimate of drug-likeness (QED) is 0.616. The lowest BCUT2D eigenvalue weighted by Crippen LogP contribution is -2.37. The lowest BCUT2D eigenvalue weighted by atomic mass is 9.71. The number of nitrogens with two attached hydrogens (primary N) is 1. The second kappa shape index (κ2) is 7.58. The first-order chi connectivity index (χ1) is 9.30. The highest BCUT2D eigenvalue weighted by atomic mass is 16.5. The fraction of sp³-hybridized carbons (Fsp3) is 1.00. The second-order valence-corrected chi connectivity index (χ2v) is 6.11. The van der Waals surface area contributed by atoms with Crippen molar-refractivity contribution in [3.05, 3.63) is 0 Å². The van der Waals surface area contributed by atoms with Crippen LogP contribution in [0.4, 0.5) is 0 Å². The van der Waals surface area contributed by atoms with Gasteiger partial charge in [0.05, 0.1) is 26.4 Å². The van der Waals surface area contributed by atoms with Gasteiger partial charge >= 0.3 is 0 Å². The Balaban J connectivity index is 1.55. The Bertz CT molecular complexity index is 262. The molecule has 2 bridgehead atoms. The van der Waals surface area contributed by atoms with Gasteiger partial charge in [0.2, 0.25) is 0 Å². The summed E-state index contributed by atoms with van der Waals surface area (Å²) in [6.45, 7) is 4.30. The third-order valence-corrected chi connectivity index (χ3v) is 5.06. The van der Waals surface area contributed by atoms with Gasteiger partial charge in [-0.05, 0) is 49.5 Å². The minimum Gasteiger partial charge on any atom is -0.382 e. The lowest BCUT2D eigenvalue weighted by molar-refractivity contribution is 0.0112. The SMILES string of the molecule is COCCOCCOCCC1(CN)CC2CCC1C2. The van der Waals surface area contributed by atoms with E-state index in [0.717, 1.165) is 31.4 Å². The Hall–Kier alpha value is -0.160. The molecule has 4 heteroatoms. The van der Waals surface area contributed by atoms with Gasteiger partial charge in [-0.15, -0.1) is 0 Å². The molecule has 0 amide bonds. The normalized spacial score (nSPS) is 33.2. The van der Waals surface area contributed by atoms with Gasteiger partial charge in [0.15, 0.2) is 0 Å². The molecule has 0 spiro atoms. The topological polar surface area (TPSA) is 53.7 Å². The minimum atomic E-state index is 0.389. The largest absolute Gasteiger partial charge is 0.382 e. The molecule has 0 radical (unpaired) electrons. The summed E-state index contributed by atoms with van der Waals surface area (Å²) in [5.74, 6) is 1.81. The molecule has 2 aliphatic rings. The van der Waals surface area contributed by atoms with Crippen molar-refractivity contribution in [2.45, 2.75) is 32.1 Å². The van der Waals surface area contributed by atoms with Crippen molar-refractivity contribution in [1.82, 2.24) is 0 Å². The monoisotopic (exact) mass is 271 g/mol. The van der Waals surface area contributed by atoms with Crippen LogP contribution in [0.15, 0.2) is 0 Å². The third-order valence-electron chi connectivity index (χ3n) is 5.06. The van der Waals surface area contributed by atoms with Crippen LogP contribution in [0.2, 0.25) is 0 Å². The van der Waals surface area contributed by atoms with Crippen LogP contribution in [-0.2, 0) is 14.2 Å². The standard InChI is InChI=1S/C15H29NO3/c1-17-6-7-19-9-8-18-5-4-15(12-16)11-13-2-3-14(15)10-13/h13-14H,2-12,16H2,1H3. The summed E-state index contributed by atoms with van der Waals surface area (Å²) < 4.78 is 16.0. The average molecular weight is 271 g/mol. The Morgan fingerprint density at radius 1 is 1.05 bits per heavy atom. The summed E-state index contributed by atoms with van der Waals surface area (Å²) >= 11 is 0. The number of methoxy groups -OCH3 is 1. The highest BCUT2D eigenvalue weighted by molar-refractivity contribution is 5.00. The molecule has 2 fully saturated rings. The van der Waals surface area contributed by atoms with E-state index in [1.807, 2.05) is 0 Å². The number of rotatable bonds is 10. The zero-order chi connectivity index (χ0) is 13.6. The van der Waals surface area contributed by atoms with Crippen LogP contribution in [0.25, 0.3) is 0 Å². The smallest absolute Gasteiger partial charge is 0.0701 e. The predicted octanol–water partition coefficient (Wildman–Crippen LogP) is 1.82. The molecule has 112 valence electrons. The van der Waals surface area contributed by atoms with E-state index in [1.54, 1.807) is 7.11 Å². The van der Waals surface area contributed by atoms with Crippen molar-refractivity contribution >= 4 is 0 Å². The highest BCUT2D eigenvalue weighted by Crippen LogP contribution is 2.57. The summed E-state index contributed by atoms with van der Waals surface area (Å²) in [7, 11) is 1.68. The first kappa shape index (κ1) is 15.2. The van der Waals surface area contributed by atoms with Gasteiger partial charge in [-0.3, -0.25) is 0 Å². The summed E-state index contributed by atoms with van der Waals surface area (Å²) in [4.78, 5) is 0. The van der Waals surface area contributed by atoms with Gasteiger partial charge in [-0.2, -0.15) is 0 Å². The number of ether oxygens (including phenoxy) is 3. The third kappa shape index (κ3) is 3.91. The van der Waals surface area contributed by atoms with Crippen LogP contribution in [0.3, 0.4) is 0 Å². The van der Waals surface area contributed by atoms with Crippen LogP contribution < -0.4 is 5.73 Å². The Labute approximate surface area is 117 Å². The van der Waals surface area contributed by atoms with Gasteiger partial charge in [-0.25, -0.2) is 0 Å². The summed E-state index contributed by atoms with van der Waals surface area (Å²) in [5.41, 5.74) is 6.45. The van der Waals surface area contributed by atoms with E-state index in [9.17, 15) is 0 Å². The molecule has 0 saturated heterocycles. The van der Waals surface area contributed by atoms with Gasteiger partial charge in [-0.1, -0.05) is 6.42 Å². The Morgan fingerprint density at radius 3 is 2.37 bits per heavy atom. The van der Waals surface area contributed by atoms with E-state index in [4.69, 9.17) is 19.9 Å². The molecule has 0 aliphatic heterocycles. The van der Waals surface area contributed by atoms with Crippen LogP contribution in [0.1, 0.15) is 32.1 Å². The van der Waals surface area contributed by atoms with Gasteiger partial charge < -0.3 is 19.9 Å². The van der Waals surface area contributed by atoms with Crippen molar-refractivity contribution in [3.63, 3.8) is 0 Å². The molecule has 2 saturated carbocycles. The van der Waals surface area contributed by atoms with E-state index in [-0.39, 0.29) is 0 Å². The van der Waals surface area contributed by atoms with Crippen LogP contribution in [-0.4, -0.2) is 46.7 Å². The average Bonchev–Trinajstić information content (AvgIpc) is 3.03. The lowest BCUT2D eigenvalue weighted by Gasteiger charge is -2.36. The molecule has 2 N–H and O–H groups in total. The van der Waals surface area contributed by atoms with Crippen molar-refractivity contribution < 1.29 is 14.2 Å². The Morgan fingerprint density at radius 2 is 1.79 bits per heavy atom. The van der Waals surface area contributed by atoms with Crippen molar-refractivity contribution in [3.8, 4) is 0 Å². The van der Waals surface area contributed by atoms with Crippen molar-refractivity contribution in [2.75, 3.05) is 46.7 Å². The molecule has 2 aliphatic carbocycles. The van der Waals surface area contributed by atoms with Crippen LogP contribution in [0, 0.1) is 17.3 Å².